The Morgan fingerprint density at radius 1 is 1.23 bits per heavy atom. The summed E-state index contributed by atoms with van der Waals surface area (Å²) in [5.74, 6) is 0.866. The van der Waals surface area contributed by atoms with E-state index in [-0.39, 0.29) is 5.56 Å². The van der Waals surface area contributed by atoms with E-state index in [1.165, 1.54) is 5.56 Å². The van der Waals surface area contributed by atoms with Gasteiger partial charge in [0.25, 0.3) is 0 Å². The molecule has 5 heteroatoms. The molecule has 1 aliphatic heterocycles. The van der Waals surface area contributed by atoms with E-state index in [0.29, 0.717) is 24.8 Å². The average Bonchev–Trinajstić information content (AvgIpc) is 2.98. The van der Waals surface area contributed by atoms with E-state index in [2.05, 4.69) is 42.7 Å². The Kier molecular flexibility index (Phi) is 3.99. The molecule has 0 bridgehead atoms. The minimum absolute atomic E-state index is 0.216. The molecule has 0 unspecified atom stereocenters. The number of ether oxygens (including phenoxy) is 1. The van der Waals surface area contributed by atoms with Gasteiger partial charge in [0.15, 0.2) is 0 Å². The van der Waals surface area contributed by atoms with Gasteiger partial charge in [-0.05, 0) is 35.7 Å². The fourth-order valence-electron chi connectivity index (χ4n) is 3.21. The van der Waals surface area contributed by atoms with Gasteiger partial charge < -0.3 is 14.4 Å². The third-order valence-electron chi connectivity index (χ3n) is 4.68. The van der Waals surface area contributed by atoms with Crippen LogP contribution < -0.4 is 4.74 Å². The standard InChI is InChI=1S/C21H20N2O3/c1-13(2)14-4-3-5-15(10-14)18-12-23-8-9-26-19-11-16(21(24)25)6-7-17(19)20(23)22-18/h3-7,10-13H,8-9H2,1-2H3,(H,24,25). The van der Waals surface area contributed by atoms with Crippen LogP contribution in [-0.4, -0.2) is 27.2 Å². The van der Waals surface area contributed by atoms with Gasteiger partial charge in [-0.2, -0.15) is 0 Å². The van der Waals surface area contributed by atoms with E-state index in [4.69, 9.17) is 9.72 Å². The Morgan fingerprint density at radius 3 is 2.85 bits per heavy atom. The molecule has 1 N–H and O–H groups in total. The first-order chi connectivity index (χ1) is 12.5. The summed E-state index contributed by atoms with van der Waals surface area (Å²) in [5.41, 5.74) is 4.31. The molecular formula is C21H20N2O3. The molecule has 0 radical (unpaired) electrons. The molecule has 0 spiro atoms. The van der Waals surface area contributed by atoms with Crippen LogP contribution in [0.5, 0.6) is 5.75 Å². The average molecular weight is 348 g/mol. The van der Waals surface area contributed by atoms with Gasteiger partial charge in [0, 0.05) is 11.8 Å². The predicted octanol–water partition coefficient (Wildman–Crippen LogP) is 4.43. The monoisotopic (exact) mass is 348 g/mol. The summed E-state index contributed by atoms with van der Waals surface area (Å²) in [6.07, 6.45) is 2.04. The highest BCUT2D eigenvalue weighted by Gasteiger charge is 2.20. The Labute approximate surface area is 151 Å². The second-order valence-electron chi connectivity index (χ2n) is 6.79. The van der Waals surface area contributed by atoms with Gasteiger partial charge in [-0.3, -0.25) is 0 Å². The second-order valence-corrected chi connectivity index (χ2v) is 6.79. The third kappa shape index (κ3) is 2.86. The van der Waals surface area contributed by atoms with Gasteiger partial charge in [0.2, 0.25) is 0 Å². The summed E-state index contributed by atoms with van der Waals surface area (Å²) in [6.45, 7) is 5.50. The molecule has 0 fully saturated rings. The van der Waals surface area contributed by atoms with Crippen LogP contribution in [0, 0.1) is 0 Å². The van der Waals surface area contributed by atoms with Crippen LogP contribution in [0.4, 0.5) is 0 Å². The van der Waals surface area contributed by atoms with Crippen LogP contribution >= 0.6 is 0 Å². The molecule has 0 amide bonds. The lowest BCUT2D eigenvalue weighted by molar-refractivity contribution is 0.0696. The molecule has 26 heavy (non-hydrogen) atoms. The molecule has 3 aromatic rings. The quantitative estimate of drug-likeness (QED) is 0.760. The molecule has 2 aromatic carbocycles. The van der Waals surface area contributed by atoms with Gasteiger partial charge in [-0.1, -0.05) is 32.0 Å². The molecule has 0 saturated heterocycles. The number of carbonyl (C=O) groups is 1. The van der Waals surface area contributed by atoms with Crippen molar-refractivity contribution in [1.82, 2.24) is 9.55 Å². The molecule has 0 atom stereocenters. The fourth-order valence-corrected chi connectivity index (χ4v) is 3.21. The molecule has 1 aliphatic rings. The van der Waals surface area contributed by atoms with E-state index in [1.54, 1.807) is 18.2 Å². The van der Waals surface area contributed by atoms with Crippen LogP contribution in [0.2, 0.25) is 0 Å². The molecular weight excluding hydrogens is 328 g/mol. The summed E-state index contributed by atoms with van der Waals surface area (Å²) >= 11 is 0. The van der Waals surface area contributed by atoms with Gasteiger partial charge in [-0.25, -0.2) is 9.78 Å². The number of carboxylic acids is 1. The van der Waals surface area contributed by atoms with Gasteiger partial charge >= 0.3 is 5.97 Å². The number of imidazole rings is 1. The van der Waals surface area contributed by atoms with Crippen molar-refractivity contribution in [2.24, 2.45) is 0 Å². The van der Waals surface area contributed by atoms with Crippen molar-refractivity contribution in [3.63, 3.8) is 0 Å². The number of benzene rings is 2. The lowest BCUT2D eigenvalue weighted by Gasteiger charge is -2.08. The molecule has 132 valence electrons. The van der Waals surface area contributed by atoms with Crippen molar-refractivity contribution in [1.29, 1.82) is 0 Å². The van der Waals surface area contributed by atoms with E-state index in [0.717, 1.165) is 22.6 Å². The number of rotatable bonds is 3. The number of carboxylic acid groups (broad SMARTS) is 1. The first-order valence-electron chi connectivity index (χ1n) is 8.71. The van der Waals surface area contributed by atoms with Crippen molar-refractivity contribution in [3.05, 3.63) is 59.8 Å². The lowest BCUT2D eigenvalue weighted by atomic mass is 10.00. The largest absolute Gasteiger partial charge is 0.491 e. The van der Waals surface area contributed by atoms with Crippen LogP contribution in [0.25, 0.3) is 22.6 Å². The van der Waals surface area contributed by atoms with Crippen molar-refractivity contribution in [2.75, 3.05) is 6.61 Å². The molecule has 2 heterocycles. The lowest BCUT2D eigenvalue weighted by Crippen LogP contribution is -2.04. The normalized spacial score (nSPS) is 12.9. The molecule has 0 aliphatic carbocycles. The smallest absolute Gasteiger partial charge is 0.335 e. The van der Waals surface area contributed by atoms with Crippen molar-refractivity contribution >= 4 is 5.97 Å². The topological polar surface area (TPSA) is 64.4 Å². The predicted molar refractivity (Wildman–Crippen MR) is 99.6 cm³/mol. The number of nitrogens with zero attached hydrogens (tertiary/aromatic N) is 2. The van der Waals surface area contributed by atoms with Crippen molar-refractivity contribution in [2.45, 2.75) is 26.3 Å². The third-order valence-corrected chi connectivity index (χ3v) is 4.68. The number of aromatic carboxylic acids is 1. The zero-order valence-electron chi connectivity index (χ0n) is 14.8. The van der Waals surface area contributed by atoms with Crippen LogP contribution in [-0.2, 0) is 6.54 Å². The molecule has 5 nitrogen and oxygen atoms in total. The first-order valence-corrected chi connectivity index (χ1v) is 8.71. The van der Waals surface area contributed by atoms with Crippen molar-refractivity contribution in [3.8, 4) is 28.4 Å². The van der Waals surface area contributed by atoms with Gasteiger partial charge in [0.05, 0.1) is 23.4 Å². The highest BCUT2D eigenvalue weighted by Crippen LogP contribution is 2.35. The van der Waals surface area contributed by atoms with Gasteiger partial charge in [-0.15, -0.1) is 0 Å². The van der Waals surface area contributed by atoms with Crippen LogP contribution in [0.3, 0.4) is 0 Å². The molecule has 0 saturated carbocycles. The van der Waals surface area contributed by atoms with Crippen LogP contribution in [0.1, 0.15) is 35.7 Å². The Balaban J connectivity index is 1.80. The summed E-state index contributed by atoms with van der Waals surface area (Å²) in [6, 6.07) is 13.4. The van der Waals surface area contributed by atoms with Crippen molar-refractivity contribution < 1.29 is 14.6 Å². The molecule has 4 rings (SSSR count). The maximum atomic E-state index is 11.2. The summed E-state index contributed by atoms with van der Waals surface area (Å²) in [5, 5.41) is 9.20. The van der Waals surface area contributed by atoms with E-state index in [1.807, 2.05) is 6.20 Å². The van der Waals surface area contributed by atoms with E-state index in [9.17, 15) is 9.90 Å². The second kappa shape index (κ2) is 6.33. The Morgan fingerprint density at radius 2 is 2.08 bits per heavy atom. The Bertz CT molecular complexity index is 989. The van der Waals surface area contributed by atoms with Crippen LogP contribution in [0.15, 0.2) is 48.7 Å². The maximum Gasteiger partial charge on any atom is 0.335 e. The minimum Gasteiger partial charge on any atom is -0.491 e. The first kappa shape index (κ1) is 16.4. The fraction of sp³-hybridized carbons (Fsp3) is 0.238. The zero-order chi connectivity index (χ0) is 18.3. The summed E-state index contributed by atoms with van der Waals surface area (Å²) < 4.78 is 7.83. The minimum atomic E-state index is -0.963. The van der Waals surface area contributed by atoms with Gasteiger partial charge in [0.1, 0.15) is 18.2 Å². The SMILES string of the molecule is CC(C)c1cccc(-c2cn3c(n2)-c2ccc(C(=O)O)cc2OCC3)c1. The Hall–Kier alpha value is -3.08. The van der Waals surface area contributed by atoms with E-state index < -0.39 is 5.97 Å². The highest BCUT2D eigenvalue weighted by atomic mass is 16.5. The summed E-state index contributed by atoms with van der Waals surface area (Å²) in [7, 11) is 0. The maximum absolute atomic E-state index is 11.2. The number of aromatic nitrogens is 2. The van der Waals surface area contributed by atoms with E-state index >= 15 is 0 Å². The number of hydrogen-bond acceptors (Lipinski definition) is 3. The molecule has 1 aromatic heterocycles. The number of hydrogen-bond donors (Lipinski definition) is 1. The summed E-state index contributed by atoms with van der Waals surface area (Å²) in [4.78, 5) is 16.1. The highest BCUT2D eigenvalue weighted by molar-refractivity contribution is 5.89. The number of fused-ring (bicyclic) bond motifs is 3. The zero-order valence-corrected chi connectivity index (χ0v) is 14.8.